The highest BCUT2D eigenvalue weighted by Crippen LogP contribution is 2.46. The number of benzene rings is 2. The Hall–Kier alpha value is -2.08. The lowest BCUT2D eigenvalue weighted by molar-refractivity contribution is -0.125. The van der Waals surface area contributed by atoms with Gasteiger partial charge in [0.15, 0.2) is 11.3 Å². The van der Waals surface area contributed by atoms with Crippen LogP contribution in [-0.4, -0.2) is 40.5 Å². The summed E-state index contributed by atoms with van der Waals surface area (Å²) in [7, 11) is 0. The first kappa shape index (κ1) is 18.3. The van der Waals surface area contributed by atoms with Gasteiger partial charge in [0, 0.05) is 37.5 Å². The average Bonchev–Trinajstić information content (AvgIpc) is 2.84. The highest BCUT2D eigenvalue weighted by atomic mass is 35.5. The summed E-state index contributed by atoms with van der Waals surface area (Å²) in [6, 6.07) is 17.2. The average molecular weight is 387 g/mol. The van der Waals surface area contributed by atoms with E-state index < -0.39 is 17.4 Å². The van der Waals surface area contributed by atoms with Gasteiger partial charge in [-0.1, -0.05) is 41.9 Å². The monoisotopic (exact) mass is 386 g/mol. The maximum absolute atomic E-state index is 12.6. The smallest absolute Gasteiger partial charge is 0.417 e. The maximum Gasteiger partial charge on any atom is 0.417 e. The second kappa shape index (κ2) is 6.82. The Labute approximate surface area is 164 Å². The first-order chi connectivity index (χ1) is 12.9. The molecule has 1 N–H and O–H groups in total. The molecule has 0 radical (unpaired) electrons. The van der Waals surface area contributed by atoms with Crippen LogP contribution < -0.4 is 4.90 Å². The number of aliphatic hydroxyl groups is 1. The summed E-state index contributed by atoms with van der Waals surface area (Å²) >= 11 is 5.95. The molecule has 6 heteroatoms. The van der Waals surface area contributed by atoms with Gasteiger partial charge < -0.3 is 9.84 Å². The van der Waals surface area contributed by atoms with E-state index >= 15 is 0 Å². The molecule has 0 saturated carbocycles. The lowest BCUT2D eigenvalue weighted by atomic mass is 9.81. The molecule has 2 aliphatic rings. The zero-order chi connectivity index (χ0) is 19.1. The van der Waals surface area contributed by atoms with Gasteiger partial charge in [0.25, 0.3) is 0 Å². The van der Waals surface area contributed by atoms with Crippen LogP contribution in [0.5, 0.6) is 0 Å². The van der Waals surface area contributed by atoms with Crippen LogP contribution in [0.25, 0.3) is 0 Å². The minimum absolute atomic E-state index is 0.515. The zero-order valence-electron chi connectivity index (χ0n) is 15.3. The molecule has 142 valence electrons. The van der Waals surface area contributed by atoms with Crippen molar-refractivity contribution in [3.63, 3.8) is 0 Å². The van der Waals surface area contributed by atoms with Gasteiger partial charge in [0.05, 0.1) is 5.69 Å². The van der Waals surface area contributed by atoms with E-state index in [1.165, 1.54) is 10.5 Å². The van der Waals surface area contributed by atoms with Gasteiger partial charge in [0.2, 0.25) is 0 Å². The van der Waals surface area contributed by atoms with Crippen molar-refractivity contribution in [3.8, 4) is 0 Å². The van der Waals surface area contributed by atoms with Crippen molar-refractivity contribution in [2.45, 2.75) is 37.6 Å². The van der Waals surface area contributed by atoms with Crippen molar-refractivity contribution >= 4 is 23.4 Å². The second-order valence-corrected chi connectivity index (χ2v) is 7.89. The SMILES string of the molecule is CC1(O)N(c2ccc(Cl)cc2)C(=O)OC12CCN(Cc1ccccc1)CC2. The summed E-state index contributed by atoms with van der Waals surface area (Å²) in [6.07, 6.45) is 0.657. The Morgan fingerprint density at radius 2 is 1.70 bits per heavy atom. The van der Waals surface area contributed by atoms with Gasteiger partial charge in [-0.3, -0.25) is 4.90 Å². The highest BCUT2D eigenvalue weighted by Gasteiger charge is 2.63. The quantitative estimate of drug-likeness (QED) is 0.864. The molecular formula is C21H23ClN2O3. The summed E-state index contributed by atoms with van der Waals surface area (Å²) in [5, 5.41) is 11.9. The van der Waals surface area contributed by atoms with Crippen molar-refractivity contribution in [3.05, 3.63) is 65.2 Å². The van der Waals surface area contributed by atoms with Gasteiger partial charge >= 0.3 is 6.09 Å². The molecule has 2 saturated heterocycles. The molecular weight excluding hydrogens is 364 g/mol. The molecule has 2 aliphatic heterocycles. The standard InChI is InChI=1S/C21H23ClN2O3/c1-20(26)21(27-19(25)24(20)18-9-7-17(22)8-10-18)11-13-23(14-12-21)15-16-5-3-2-4-6-16/h2-10,26H,11-15H2,1H3. The summed E-state index contributed by atoms with van der Waals surface area (Å²) in [5.74, 6) is 0. The predicted molar refractivity (Wildman–Crippen MR) is 105 cm³/mol. The lowest BCUT2D eigenvalue weighted by Crippen LogP contribution is -2.60. The molecule has 2 fully saturated rings. The number of piperidine rings is 1. The van der Waals surface area contributed by atoms with Crippen LogP contribution >= 0.6 is 11.6 Å². The third-order valence-electron chi connectivity index (χ3n) is 5.76. The van der Waals surface area contributed by atoms with E-state index in [1.807, 2.05) is 18.2 Å². The van der Waals surface area contributed by atoms with E-state index in [0.717, 1.165) is 19.6 Å². The lowest BCUT2D eigenvalue weighted by Gasteiger charge is -2.44. The minimum atomic E-state index is -1.42. The molecule has 1 spiro atoms. The topological polar surface area (TPSA) is 53.0 Å². The fraction of sp³-hybridized carbons (Fsp3) is 0.381. The van der Waals surface area contributed by atoms with Crippen LogP contribution in [-0.2, 0) is 11.3 Å². The van der Waals surface area contributed by atoms with Crippen molar-refractivity contribution in [1.82, 2.24) is 4.90 Å². The van der Waals surface area contributed by atoms with Crippen LogP contribution in [0.1, 0.15) is 25.3 Å². The van der Waals surface area contributed by atoms with E-state index in [0.29, 0.717) is 23.6 Å². The molecule has 1 amide bonds. The molecule has 5 nitrogen and oxygen atoms in total. The van der Waals surface area contributed by atoms with Gasteiger partial charge in [-0.15, -0.1) is 0 Å². The van der Waals surface area contributed by atoms with E-state index in [-0.39, 0.29) is 0 Å². The number of hydrogen-bond acceptors (Lipinski definition) is 4. The maximum atomic E-state index is 12.6. The Balaban J connectivity index is 1.51. The fourth-order valence-corrected chi connectivity index (χ4v) is 4.25. The highest BCUT2D eigenvalue weighted by molar-refractivity contribution is 6.30. The second-order valence-electron chi connectivity index (χ2n) is 7.46. The third-order valence-corrected chi connectivity index (χ3v) is 6.01. The number of nitrogens with zero attached hydrogens (tertiary/aromatic N) is 2. The third kappa shape index (κ3) is 3.20. The summed E-state index contributed by atoms with van der Waals surface area (Å²) in [6.45, 7) is 4.03. The van der Waals surface area contributed by atoms with Crippen LogP contribution in [0, 0.1) is 0 Å². The molecule has 0 aliphatic carbocycles. The van der Waals surface area contributed by atoms with E-state index in [1.54, 1.807) is 31.2 Å². The molecule has 27 heavy (non-hydrogen) atoms. The number of carbonyl (C=O) groups excluding carboxylic acids is 1. The normalized spacial score (nSPS) is 25.0. The molecule has 2 heterocycles. The number of halogens is 1. The Bertz CT molecular complexity index is 815. The van der Waals surface area contributed by atoms with Crippen LogP contribution in [0.15, 0.2) is 54.6 Å². The number of likely N-dealkylation sites (tertiary alicyclic amines) is 1. The largest absolute Gasteiger partial charge is 0.437 e. The Morgan fingerprint density at radius 1 is 1.07 bits per heavy atom. The predicted octanol–water partition coefficient (Wildman–Crippen LogP) is 4.04. The van der Waals surface area contributed by atoms with Gasteiger partial charge in [-0.2, -0.15) is 0 Å². The van der Waals surface area contributed by atoms with Crippen molar-refractivity contribution in [2.24, 2.45) is 0 Å². The van der Waals surface area contributed by atoms with Crippen LogP contribution in [0.4, 0.5) is 10.5 Å². The zero-order valence-corrected chi connectivity index (χ0v) is 16.0. The number of carbonyl (C=O) groups is 1. The molecule has 2 aromatic carbocycles. The fourth-order valence-electron chi connectivity index (χ4n) is 4.13. The molecule has 0 bridgehead atoms. The van der Waals surface area contributed by atoms with E-state index in [2.05, 4.69) is 17.0 Å². The summed E-state index contributed by atoms with van der Waals surface area (Å²) < 4.78 is 5.78. The van der Waals surface area contributed by atoms with Crippen molar-refractivity contribution < 1.29 is 14.6 Å². The first-order valence-electron chi connectivity index (χ1n) is 9.19. The molecule has 2 aromatic rings. The summed E-state index contributed by atoms with van der Waals surface area (Å²) in [4.78, 5) is 16.3. The summed E-state index contributed by atoms with van der Waals surface area (Å²) in [5.41, 5.74) is -0.488. The molecule has 0 aromatic heterocycles. The Kier molecular flexibility index (Phi) is 4.62. The van der Waals surface area contributed by atoms with Crippen LogP contribution in [0.2, 0.25) is 5.02 Å². The van der Waals surface area contributed by atoms with Crippen LogP contribution in [0.3, 0.4) is 0 Å². The van der Waals surface area contributed by atoms with E-state index in [4.69, 9.17) is 16.3 Å². The number of rotatable bonds is 3. The van der Waals surface area contributed by atoms with Gasteiger partial charge in [-0.25, -0.2) is 9.69 Å². The van der Waals surface area contributed by atoms with Gasteiger partial charge in [0.1, 0.15) is 0 Å². The van der Waals surface area contributed by atoms with E-state index in [9.17, 15) is 9.90 Å². The van der Waals surface area contributed by atoms with Crippen molar-refractivity contribution in [1.29, 1.82) is 0 Å². The first-order valence-corrected chi connectivity index (χ1v) is 9.57. The molecule has 4 rings (SSSR count). The molecule has 1 atom stereocenters. The number of ether oxygens (including phenoxy) is 1. The number of amides is 1. The van der Waals surface area contributed by atoms with Crippen molar-refractivity contribution in [2.75, 3.05) is 18.0 Å². The number of anilines is 1. The molecule has 1 unspecified atom stereocenters. The Morgan fingerprint density at radius 3 is 2.33 bits per heavy atom. The van der Waals surface area contributed by atoms with Gasteiger partial charge in [-0.05, 0) is 36.8 Å². The number of hydrogen-bond donors (Lipinski definition) is 1. The minimum Gasteiger partial charge on any atom is -0.437 e.